The van der Waals surface area contributed by atoms with Crippen LogP contribution in [0.3, 0.4) is 0 Å². The van der Waals surface area contributed by atoms with Crippen molar-refractivity contribution in [3.63, 3.8) is 0 Å². The fourth-order valence-electron chi connectivity index (χ4n) is 3.11. The number of rotatable bonds is 8. The van der Waals surface area contributed by atoms with E-state index in [9.17, 15) is 9.18 Å². The molecule has 0 spiro atoms. The zero-order valence-corrected chi connectivity index (χ0v) is 17.1. The van der Waals surface area contributed by atoms with E-state index in [0.717, 1.165) is 16.5 Å². The van der Waals surface area contributed by atoms with Crippen LogP contribution in [0.1, 0.15) is 0 Å². The molecule has 1 amide bonds. The second-order valence-electron chi connectivity index (χ2n) is 6.52. The van der Waals surface area contributed by atoms with Crippen molar-refractivity contribution in [2.75, 3.05) is 24.8 Å². The summed E-state index contributed by atoms with van der Waals surface area (Å²) in [5, 5.41) is 12.9. The number of carbonyl (C=O) groups excluding carboxylic acids is 1. The number of aromatic nitrogens is 4. The molecule has 30 heavy (non-hydrogen) atoms. The molecule has 9 heteroatoms. The first kappa shape index (κ1) is 20.1. The maximum atomic E-state index is 13.7. The minimum atomic E-state index is -0.472. The molecule has 0 aliphatic heterocycles. The number of methoxy groups -OCH3 is 1. The highest BCUT2D eigenvalue weighted by atomic mass is 32.2. The number of amides is 1. The lowest BCUT2D eigenvalue weighted by molar-refractivity contribution is -0.113. The Bertz CT molecular complexity index is 1170. The average molecular weight is 425 g/mol. The molecule has 4 aromatic rings. The molecule has 0 saturated carbocycles. The van der Waals surface area contributed by atoms with Crippen LogP contribution < -0.4 is 5.32 Å². The van der Waals surface area contributed by atoms with Gasteiger partial charge in [-0.3, -0.25) is 9.36 Å². The summed E-state index contributed by atoms with van der Waals surface area (Å²) in [5.74, 6) is -0.0184. The van der Waals surface area contributed by atoms with Gasteiger partial charge in [0.1, 0.15) is 5.82 Å². The smallest absolute Gasteiger partial charge is 0.234 e. The molecule has 2 N–H and O–H groups in total. The van der Waals surface area contributed by atoms with Gasteiger partial charge >= 0.3 is 0 Å². The number of halogens is 1. The Morgan fingerprint density at radius 3 is 2.83 bits per heavy atom. The molecule has 0 fully saturated rings. The molecule has 154 valence electrons. The van der Waals surface area contributed by atoms with Gasteiger partial charge in [0, 0.05) is 29.8 Å². The van der Waals surface area contributed by atoms with Crippen LogP contribution in [0.25, 0.3) is 22.3 Å². The number of carbonyl (C=O) groups is 1. The number of para-hydroxylation sites is 2. The van der Waals surface area contributed by atoms with Gasteiger partial charge in [-0.15, -0.1) is 10.2 Å². The van der Waals surface area contributed by atoms with Gasteiger partial charge in [-0.25, -0.2) is 4.39 Å². The minimum Gasteiger partial charge on any atom is -0.383 e. The normalized spacial score (nSPS) is 11.1. The van der Waals surface area contributed by atoms with Gasteiger partial charge in [-0.1, -0.05) is 42.1 Å². The predicted octanol–water partition coefficient (Wildman–Crippen LogP) is 3.94. The maximum Gasteiger partial charge on any atom is 0.234 e. The fourth-order valence-corrected chi connectivity index (χ4v) is 3.88. The number of benzene rings is 2. The first-order chi connectivity index (χ1) is 14.7. The van der Waals surface area contributed by atoms with Crippen molar-refractivity contribution < 1.29 is 13.9 Å². The van der Waals surface area contributed by atoms with E-state index in [2.05, 4.69) is 20.5 Å². The second kappa shape index (κ2) is 9.10. The highest BCUT2D eigenvalue weighted by Gasteiger charge is 2.18. The van der Waals surface area contributed by atoms with Gasteiger partial charge in [-0.05, 0) is 18.2 Å². The number of aromatic amines is 1. The Hall–Kier alpha value is -3.17. The quantitative estimate of drug-likeness (QED) is 0.418. The van der Waals surface area contributed by atoms with Crippen LogP contribution in [0.5, 0.6) is 0 Å². The maximum absolute atomic E-state index is 13.7. The molecule has 0 bridgehead atoms. The van der Waals surface area contributed by atoms with E-state index < -0.39 is 5.82 Å². The van der Waals surface area contributed by atoms with Crippen LogP contribution in [0.15, 0.2) is 59.9 Å². The zero-order chi connectivity index (χ0) is 20.9. The predicted molar refractivity (Wildman–Crippen MR) is 115 cm³/mol. The first-order valence-electron chi connectivity index (χ1n) is 9.33. The van der Waals surface area contributed by atoms with Gasteiger partial charge < -0.3 is 15.0 Å². The molecule has 4 rings (SSSR count). The molecule has 0 atom stereocenters. The Labute approximate surface area is 176 Å². The largest absolute Gasteiger partial charge is 0.383 e. The highest BCUT2D eigenvalue weighted by Crippen LogP contribution is 2.30. The van der Waals surface area contributed by atoms with E-state index in [1.54, 1.807) is 19.2 Å². The molecule has 2 heterocycles. The third-order valence-corrected chi connectivity index (χ3v) is 5.51. The monoisotopic (exact) mass is 425 g/mol. The Kier molecular flexibility index (Phi) is 6.10. The molecule has 7 nitrogen and oxygen atoms in total. The molecule has 2 aromatic carbocycles. The third kappa shape index (κ3) is 4.22. The summed E-state index contributed by atoms with van der Waals surface area (Å²) in [7, 11) is 1.63. The number of nitrogens with zero attached hydrogens (tertiary/aromatic N) is 3. The van der Waals surface area contributed by atoms with E-state index in [4.69, 9.17) is 4.74 Å². The van der Waals surface area contributed by atoms with Gasteiger partial charge in [0.2, 0.25) is 5.91 Å². The average Bonchev–Trinajstić information content (AvgIpc) is 3.36. The number of hydrogen-bond acceptors (Lipinski definition) is 5. The summed E-state index contributed by atoms with van der Waals surface area (Å²) in [6.07, 6.45) is 1.90. The molecular formula is C21H20FN5O2S. The molecule has 0 unspecified atom stereocenters. The molecule has 0 aliphatic carbocycles. The fraction of sp³-hybridized carbons (Fsp3) is 0.190. The van der Waals surface area contributed by atoms with Crippen molar-refractivity contribution in [1.29, 1.82) is 0 Å². The van der Waals surface area contributed by atoms with Crippen molar-refractivity contribution >= 4 is 34.3 Å². The lowest BCUT2D eigenvalue weighted by Gasteiger charge is -2.10. The molecule has 0 aliphatic rings. The number of nitrogens with one attached hydrogen (secondary N) is 2. The summed E-state index contributed by atoms with van der Waals surface area (Å²) in [4.78, 5) is 15.5. The molecular weight excluding hydrogens is 405 g/mol. The summed E-state index contributed by atoms with van der Waals surface area (Å²) in [5.41, 5.74) is 2.09. The van der Waals surface area contributed by atoms with Crippen molar-refractivity contribution in [2.45, 2.75) is 11.7 Å². The number of H-pyrrole nitrogens is 1. The highest BCUT2D eigenvalue weighted by molar-refractivity contribution is 7.99. The van der Waals surface area contributed by atoms with E-state index in [0.29, 0.717) is 24.1 Å². The molecule has 0 saturated heterocycles. The van der Waals surface area contributed by atoms with Crippen molar-refractivity contribution in [3.8, 4) is 11.4 Å². The van der Waals surface area contributed by atoms with E-state index >= 15 is 0 Å². The summed E-state index contributed by atoms with van der Waals surface area (Å²) in [6.45, 7) is 1.01. The number of thioether (sulfide) groups is 1. The number of anilines is 1. The number of fused-ring (bicyclic) bond motifs is 1. The van der Waals surface area contributed by atoms with Crippen LogP contribution in [-0.2, 0) is 16.1 Å². The summed E-state index contributed by atoms with van der Waals surface area (Å²) in [6, 6.07) is 14.0. The molecule has 2 aromatic heterocycles. The van der Waals surface area contributed by atoms with Gasteiger partial charge in [0.15, 0.2) is 11.0 Å². The molecule has 0 radical (unpaired) electrons. The summed E-state index contributed by atoms with van der Waals surface area (Å²) < 4.78 is 20.9. The lowest BCUT2D eigenvalue weighted by Crippen LogP contribution is -2.16. The Morgan fingerprint density at radius 2 is 2.00 bits per heavy atom. The first-order valence-corrected chi connectivity index (χ1v) is 10.3. The van der Waals surface area contributed by atoms with Crippen LogP contribution in [0.4, 0.5) is 10.1 Å². The third-order valence-electron chi connectivity index (χ3n) is 4.55. The number of hydrogen-bond donors (Lipinski definition) is 2. The lowest BCUT2D eigenvalue weighted by atomic mass is 10.1. The SMILES string of the molecule is COCCn1c(SCC(=O)Nc2ccccc2F)nnc1-c1c[nH]c2ccccc12. The van der Waals surface area contributed by atoms with E-state index in [1.807, 2.05) is 35.0 Å². The van der Waals surface area contributed by atoms with Gasteiger partial charge in [0.25, 0.3) is 0 Å². The van der Waals surface area contributed by atoms with E-state index in [-0.39, 0.29) is 17.3 Å². The second-order valence-corrected chi connectivity index (χ2v) is 7.46. The standard InChI is InChI=1S/C21H20FN5O2S/c1-29-11-10-27-20(15-12-23-17-8-4-2-6-14(15)17)25-26-21(27)30-13-19(28)24-18-9-5-3-7-16(18)22/h2-9,12,23H,10-11,13H2,1H3,(H,24,28). The van der Waals surface area contributed by atoms with Crippen LogP contribution >= 0.6 is 11.8 Å². The number of ether oxygens (including phenoxy) is 1. The van der Waals surface area contributed by atoms with Crippen LogP contribution in [0, 0.1) is 5.82 Å². The van der Waals surface area contributed by atoms with Gasteiger partial charge in [-0.2, -0.15) is 0 Å². The minimum absolute atomic E-state index is 0.0767. The Balaban J connectivity index is 1.55. The Morgan fingerprint density at radius 1 is 1.20 bits per heavy atom. The summed E-state index contributed by atoms with van der Waals surface area (Å²) >= 11 is 1.24. The van der Waals surface area contributed by atoms with Crippen LogP contribution in [-0.4, -0.2) is 45.1 Å². The van der Waals surface area contributed by atoms with Crippen molar-refractivity contribution in [2.24, 2.45) is 0 Å². The van der Waals surface area contributed by atoms with Crippen LogP contribution in [0.2, 0.25) is 0 Å². The van der Waals surface area contributed by atoms with Crippen molar-refractivity contribution in [1.82, 2.24) is 19.7 Å². The van der Waals surface area contributed by atoms with Crippen molar-refractivity contribution in [3.05, 3.63) is 60.5 Å². The van der Waals surface area contributed by atoms with Gasteiger partial charge in [0.05, 0.1) is 24.6 Å². The van der Waals surface area contributed by atoms with E-state index in [1.165, 1.54) is 23.9 Å². The zero-order valence-electron chi connectivity index (χ0n) is 16.3. The topological polar surface area (TPSA) is 84.8 Å².